The molecule has 3 unspecified atom stereocenters. The molecule has 0 amide bonds. The number of nitrogens with zero attached hydrogens (tertiary/aromatic N) is 2. The molecule has 0 spiro atoms. The first-order valence-electron chi connectivity index (χ1n) is 7.54. The zero-order valence-electron chi connectivity index (χ0n) is 13.0. The molecule has 0 saturated carbocycles. The number of hydrogen-bond donors (Lipinski definition) is 1. The lowest BCUT2D eigenvalue weighted by Crippen LogP contribution is -2.50. The van der Waals surface area contributed by atoms with Gasteiger partial charge in [-0.25, -0.2) is 0 Å². The molecule has 2 N–H and O–H groups in total. The van der Waals surface area contributed by atoms with E-state index in [1.807, 2.05) is 0 Å². The molecule has 3 heteroatoms. The summed E-state index contributed by atoms with van der Waals surface area (Å²) in [7, 11) is 4.45. The molecule has 3 atom stereocenters. The number of likely N-dealkylation sites (N-methyl/N-ethyl adjacent to an activating group) is 2. The summed E-state index contributed by atoms with van der Waals surface area (Å²) in [6, 6.07) is 0.830. The Kier molecular flexibility index (Phi) is 6.61. The molecule has 1 saturated heterocycles. The van der Waals surface area contributed by atoms with Gasteiger partial charge in [0.05, 0.1) is 0 Å². The summed E-state index contributed by atoms with van der Waals surface area (Å²) in [5.74, 6) is 1.52. The van der Waals surface area contributed by atoms with E-state index in [2.05, 4.69) is 44.7 Å². The highest BCUT2D eigenvalue weighted by Crippen LogP contribution is 2.19. The van der Waals surface area contributed by atoms with Crippen molar-refractivity contribution in [3.8, 4) is 0 Å². The fraction of sp³-hybridized carbons (Fsp3) is 1.00. The summed E-state index contributed by atoms with van der Waals surface area (Å²) in [4.78, 5) is 4.90. The topological polar surface area (TPSA) is 32.5 Å². The zero-order chi connectivity index (χ0) is 13.7. The van der Waals surface area contributed by atoms with Gasteiger partial charge in [0.1, 0.15) is 0 Å². The van der Waals surface area contributed by atoms with Crippen molar-refractivity contribution in [3.05, 3.63) is 0 Å². The first-order valence-corrected chi connectivity index (χ1v) is 7.54. The van der Waals surface area contributed by atoms with Gasteiger partial charge in [0.15, 0.2) is 0 Å². The van der Waals surface area contributed by atoms with Crippen LogP contribution in [0.3, 0.4) is 0 Å². The maximum absolute atomic E-state index is 6.48. The summed E-state index contributed by atoms with van der Waals surface area (Å²) in [6.45, 7) is 10.4. The van der Waals surface area contributed by atoms with Crippen LogP contribution in [-0.4, -0.2) is 55.6 Å². The van der Waals surface area contributed by atoms with E-state index in [9.17, 15) is 0 Å². The van der Waals surface area contributed by atoms with Crippen molar-refractivity contribution in [2.45, 2.75) is 52.1 Å². The summed E-state index contributed by atoms with van der Waals surface area (Å²) < 4.78 is 0. The van der Waals surface area contributed by atoms with Crippen molar-refractivity contribution in [1.82, 2.24) is 9.80 Å². The lowest BCUT2D eigenvalue weighted by Gasteiger charge is -2.34. The van der Waals surface area contributed by atoms with Crippen LogP contribution in [-0.2, 0) is 0 Å². The highest BCUT2D eigenvalue weighted by Gasteiger charge is 2.27. The van der Waals surface area contributed by atoms with Crippen molar-refractivity contribution in [1.29, 1.82) is 0 Å². The van der Waals surface area contributed by atoms with Crippen LogP contribution < -0.4 is 5.73 Å². The van der Waals surface area contributed by atoms with E-state index in [4.69, 9.17) is 5.73 Å². The summed E-state index contributed by atoms with van der Waals surface area (Å²) in [5.41, 5.74) is 6.48. The largest absolute Gasteiger partial charge is 0.326 e. The van der Waals surface area contributed by atoms with Gasteiger partial charge in [-0.2, -0.15) is 0 Å². The van der Waals surface area contributed by atoms with Crippen LogP contribution in [0.4, 0.5) is 0 Å². The molecule has 0 aliphatic carbocycles. The van der Waals surface area contributed by atoms with E-state index >= 15 is 0 Å². The molecular weight excluding hydrogens is 222 g/mol. The maximum atomic E-state index is 6.48. The van der Waals surface area contributed by atoms with Crippen molar-refractivity contribution >= 4 is 0 Å². The molecule has 3 nitrogen and oxygen atoms in total. The van der Waals surface area contributed by atoms with Crippen molar-refractivity contribution < 1.29 is 0 Å². The first kappa shape index (κ1) is 15.9. The van der Waals surface area contributed by atoms with Crippen molar-refractivity contribution in [2.24, 2.45) is 17.6 Å². The second-order valence-electron chi connectivity index (χ2n) is 6.80. The van der Waals surface area contributed by atoms with E-state index in [0.29, 0.717) is 12.1 Å². The average Bonchev–Trinajstić information content (AvgIpc) is 2.39. The predicted molar refractivity (Wildman–Crippen MR) is 79.7 cm³/mol. The van der Waals surface area contributed by atoms with Gasteiger partial charge >= 0.3 is 0 Å². The molecule has 1 rings (SSSR count). The van der Waals surface area contributed by atoms with Crippen LogP contribution in [0, 0.1) is 11.8 Å². The van der Waals surface area contributed by atoms with Crippen LogP contribution in [0.2, 0.25) is 0 Å². The minimum atomic E-state index is 0.310. The molecule has 108 valence electrons. The molecule has 0 aromatic carbocycles. The number of rotatable bonds is 5. The molecule has 1 aliphatic rings. The van der Waals surface area contributed by atoms with E-state index in [-0.39, 0.29) is 0 Å². The molecule has 18 heavy (non-hydrogen) atoms. The van der Waals surface area contributed by atoms with Crippen LogP contribution in [0.25, 0.3) is 0 Å². The quantitative estimate of drug-likeness (QED) is 0.816. The minimum absolute atomic E-state index is 0.310. The van der Waals surface area contributed by atoms with Crippen molar-refractivity contribution in [2.75, 3.05) is 33.7 Å². The second kappa shape index (κ2) is 7.46. The van der Waals surface area contributed by atoms with Crippen LogP contribution in [0.5, 0.6) is 0 Å². The minimum Gasteiger partial charge on any atom is -0.326 e. The SMILES string of the molecule is CC(C)CC(C)CC(N)C1CN(C)CCCN1C. The monoisotopic (exact) mass is 255 g/mol. The summed E-state index contributed by atoms with van der Waals surface area (Å²) in [6.07, 6.45) is 3.71. The van der Waals surface area contributed by atoms with Gasteiger partial charge in [0.25, 0.3) is 0 Å². The molecule has 1 heterocycles. The van der Waals surface area contributed by atoms with Gasteiger partial charge in [-0.3, -0.25) is 0 Å². The highest BCUT2D eigenvalue weighted by molar-refractivity contribution is 4.86. The molecule has 0 bridgehead atoms. The van der Waals surface area contributed by atoms with E-state index < -0.39 is 0 Å². The van der Waals surface area contributed by atoms with Gasteiger partial charge in [0.2, 0.25) is 0 Å². The molecule has 0 radical (unpaired) electrons. The standard InChI is InChI=1S/C15H33N3/c1-12(2)9-13(3)10-14(16)15-11-17(4)7-6-8-18(15)5/h12-15H,6-11,16H2,1-5H3. The summed E-state index contributed by atoms with van der Waals surface area (Å²) >= 11 is 0. The maximum Gasteiger partial charge on any atom is 0.0371 e. The number of hydrogen-bond acceptors (Lipinski definition) is 3. The fourth-order valence-electron chi connectivity index (χ4n) is 3.29. The first-order chi connectivity index (χ1) is 8.40. The van der Waals surface area contributed by atoms with E-state index in [1.54, 1.807) is 0 Å². The van der Waals surface area contributed by atoms with Gasteiger partial charge in [-0.15, -0.1) is 0 Å². The Morgan fingerprint density at radius 3 is 2.39 bits per heavy atom. The smallest absolute Gasteiger partial charge is 0.0371 e. The average molecular weight is 255 g/mol. The summed E-state index contributed by atoms with van der Waals surface area (Å²) in [5, 5.41) is 0. The molecule has 0 aromatic rings. The fourth-order valence-corrected chi connectivity index (χ4v) is 3.29. The molecule has 1 fully saturated rings. The molecular formula is C15H33N3. The highest BCUT2D eigenvalue weighted by atomic mass is 15.2. The number of nitrogens with two attached hydrogens (primary N) is 1. The Bertz CT molecular complexity index is 230. The lowest BCUT2D eigenvalue weighted by molar-refractivity contribution is 0.179. The normalized spacial score (nSPS) is 27.2. The third kappa shape index (κ3) is 5.25. The Balaban J connectivity index is 2.49. The predicted octanol–water partition coefficient (Wildman–Crippen LogP) is 2.02. The van der Waals surface area contributed by atoms with Gasteiger partial charge < -0.3 is 15.5 Å². The van der Waals surface area contributed by atoms with E-state index in [1.165, 1.54) is 25.9 Å². The zero-order valence-corrected chi connectivity index (χ0v) is 13.0. The van der Waals surface area contributed by atoms with Gasteiger partial charge in [-0.05, 0) is 58.3 Å². The van der Waals surface area contributed by atoms with Gasteiger partial charge in [-0.1, -0.05) is 20.8 Å². The Morgan fingerprint density at radius 2 is 1.78 bits per heavy atom. The Hall–Kier alpha value is -0.120. The van der Waals surface area contributed by atoms with Crippen molar-refractivity contribution in [3.63, 3.8) is 0 Å². The lowest BCUT2D eigenvalue weighted by atomic mass is 9.90. The van der Waals surface area contributed by atoms with Crippen LogP contribution >= 0.6 is 0 Å². The third-order valence-corrected chi connectivity index (χ3v) is 4.16. The van der Waals surface area contributed by atoms with Crippen LogP contribution in [0.15, 0.2) is 0 Å². The van der Waals surface area contributed by atoms with Gasteiger partial charge in [0, 0.05) is 18.6 Å². The third-order valence-electron chi connectivity index (χ3n) is 4.16. The molecule has 1 aliphatic heterocycles. The van der Waals surface area contributed by atoms with E-state index in [0.717, 1.165) is 24.8 Å². The van der Waals surface area contributed by atoms with Crippen LogP contribution in [0.1, 0.15) is 40.0 Å². The Morgan fingerprint density at radius 1 is 1.11 bits per heavy atom. The molecule has 0 aromatic heterocycles. The second-order valence-corrected chi connectivity index (χ2v) is 6.80. The Labute approximate surface area is 114 Å².